The number of hydrogen-bond donors (Lipinski definition) is 1. The summed E-state index contributed by atoms with van der Waals surface area (Å²) in [5, 5.41) is 12.1. The maximum atomic E-state index is 11.1. The minimum absolute atomic E-state index is 0.106. The summed E-state index contributed by atoms with van der Waals surface area (Å²) >= 11 is 0. The highest BCUT2D eigenvalue weighted by Gasteiger charge is 2.23. The molecule has 0 bridgehead atoms. The molecule has 0 saturated carbocycles. The number of aromatic amines is 1. The van der Waals surface area contributed by atoms with E-state index in [2.05, 4.69) is 4.98 Å². The van der Waals surface area contributed by atoms with E-state index in [1.807, 2.05) is 61.7 Å². The zero-order valence-electron chi connectivity index (χ0n) is 11.7. The molecule has 4 heteroatoms. The lowest BCUT2D eigenvalue weighted by atomic mass is 9.91. The second-order valence-corrected chi connectivity index (χ2v) is 5.22. The lowest BCUT2D eigenvalue weighted by Gasteiger charge is -2.13. The Morgan fingerprint density at radius 3 is 2.62 bits per heavy atom. The van der Waals surface area contributed by atoms with Crippen molar-refractivity contribution in [2.45, 2.75) is 12.8 Å². The van der Waals surface area contributed by atoms with Gasteiger partial charge < -0.3 is 4.98 Å². The molecule has 0 radical (unpaired) electrons. The van der Waals surface area contributed by atoms with Gasteiger partial charge in [-0.15, -0.1) is 0 Å². The van der Waals surface area contributed by atoms with Gasteiger partial charge in [-0.05, 0) is 23.6 Å². The molecule has 1 atom stereocenters. The van der Waals surface area contributed by atoms with Crippen LogP contribution in [0.4, 0.5) is 0 Å². The molecule has 1 aromatic heterocycles. The smallest absolute Gasteiger partial charge is 0.214 e. The standard InChI is InChI=1S/C17H16N2O2/c1-12-6-5-9-14-15(10-18-17(12)14)16(11-19(20)21)13-7-3-2-4-8-13/h2-10,16,18H,11H2,1H3/t16-/m1/s1. The third-order valence-electron chi connectivity index (χ3n) is 3.86. The number of H-pyrrole nitrogens is 1. The van der Waals surface area contributed by atoms with E-state index in [1.54, 1.807) is 0 Å². The van der Waals surface area contributed by atoms with Gasteiger partial charge >= 0.3 is 0 Å². The van der Waals surface area contributed by atoms with Crippen molar-refractivity contribution >= 4 is 10.9 Å². The van der Waals surface area contributed by atoms with Gasteiger partial charge in [0.15, 0.2) is 0 Å². The molecule has 21 heavy (non-hydrogen) atoms. The van der Waals surface area contributed by atoms with Gasteiger partial charge in [-0.25, -0.2) is 0 Å². The molecule has 2 aromatic carbocycles. The Balaban J connectivity index is 2.15. The molecule has 0 spiro atoms. The van der Waals surface area contributed by atoms with Crippen LogP contribution in [0, 0.1) is 17.0 Å². The van der Waals surface area contributed by atoms with Crippen LogP contribution in [-0.2, 0) is 0 Å². The topological polar surface area (TPSA) is 58.9 Å². The van der Waals surface area contributed by atoms with Crippen molar-refractivity contribution < 1.29 is 4.92 Å². The first-order valence-electron chi connectivity index (χ1n) is 6.90. The van der Waals surface area contributed by atoms with Gasteiger partial charge in [-0.3, -0.25) is 10.1 Å². The summed E-state index contributed by atoms with van der Waals surface area (Å²) < 4.78 is 0. The van der Waals surface area contributed by atoms with Gasteiger partial charge in [-0.1, -0.05) is 48.5 Å². The van der Waals surface area contributed by atoms with Crippen molar-refractivity contribution in [1.82, 2.24) is 4.98 Å². The van der Waals surface area contributed by atoms with E-state index in [1.165, 1.54) is 0 Å². The number of nitrogens with one attached hydrogen (secondary N) is 1. The van der Waals surface area contributed by atoms with Gasteiger partial charge in [0.1, 0.15) is 0 Å². The van der Waals surface area contributed by atoms with Crippen molar-refractivity contribution in [2.24, 2.45) is 0 Å². The monoisotopic (exact) mass is 280 g/mol. The van der Waals surface area contributed by atoms with E-state index in [9.17, 15) is 10.1 Å². The molecule has 0 aliphatic rings. The Bertz CT molecular complexity index is 778. The molecule has 1 heterocycles. The second kappa shape index (κ2) is 5.40. The van der Waals surface area contributed by atoms with Crippen LogP contribution >= 0.6 is 0 Å². The molecule has 0 amide bonds. The normalized spacial score (nSPS) is 12.4. The Morgan fingerprint density at radius 2 is 1.90 bits per heavy atom. The van der Waals surface area contributed by atoms with Crippen LogP contribution in [0.2, 0.25) is 0 Å². The van der Waals surface area contributed by atoms with Crippen LogP contribution < -0.4 is 0 Å². The summed E-state index contributed by atoms with van der Waals surface area (Å²) in [4.78, 5) is 14.1. The summed E-state index contributed by atoms with van der Waals surface area (Å²) in [6.07, 6.45) is 1.90. The first-order chi connectivity index (χ1) is 10.2. The highest BCUT2D eigenvalue weighted by molar-refractivity contribution is 5.86. The molecular weight excluding hydrogens is 264 g/mol. The first kappa shape index (κ1) is 13.4. The minimum atomic E-state index is -0.244. The van der Waals surface area contributed by atoms with Crippen LogP contribution in [0.15, 0.2) is 54.7 Å². The van der Waals surface area contributed by atoms with E-state index < -0.39 is 0 Å². The number of nitrogens with zero attached hydrogens (tertiary/aromatic N) is 1. The number of aromatic nitrogens is 1. The number of fused-ring (bicyclic) bond motifs is 1. The predicted molar refractivity (Wildman–Crippen MR) is 83.2 cm³/mol. The van der Waals surface area contributed by atoms with Crippen molar-refractivity contribution in [2.75, 3.05) is 6.54 Å². The quantitative estimate of drug-likeness (QED) is 0.582. The molecule has 4 nitrogen and oxygen atoms in total. The van der Waals surface area contributed by atoms with Crippen LogP contribution in [0.5, 0.6) is 0 Å². The van der Waals surface area contributed by atoms with Crippen molar-refractivity contribution in [3.05, 3.63) is 81.5 Å². The second-order valence-electron chi connectivity index (χ2n) is 5.22. The predicted octanol–water partition coefficient (Wildman–Crippen LogP) is 3.88. The molecule has 0 aliphatic carbocycles. The molecule has 1 N–H and O–H groups in total. The molecular formula is C17H16N2O2. The van der Waals surface area contributed by atoms with Crippen molar-refractivity contribution in [3.63, 3.8) is 0 Å². The fourth-order valence-corrected chi connectivity index (χ4v) is 2.83. The molecule has 106 valence electrons. The fourth-order valence-electron chi connectivity index (χ4n) is 2.83. The molecule has 3 rings (SSSR count). The minimum Gasteiger partial charge on any atom is -0.361 e. The summed E-state index contributed by atoms with van der Waals surface area (Å²) in [5.74, 6) is -0.239. The maximum absolute atomic E-state index is 11.1. The zero-order chi connectivity index (χ0) is 14.8. The zero-order valence-corrected chi connectivity index (χ0v) is 11.7. The summed E-state index contributed by atoms with van der Waals surface area (Å²) in [7, 11) is 0. The van der Waals surface area contributed by atoms with E-state index in [0.29, 0.717) is 0 Å². The summed E-state index contributed by atoms with van der Waals surface area (Å²) in [6.45, 7) is 1.93. The SMILES string of the molecule is Cc1cccc2c([C@H](C[N+](=O)[O-])c3ccccc3)c[nH]c12. The lowest BCUT2D eigenvalue weighted by molar-refractivity contribution is -0.481. The first-order valence-corrected chi connectivity index (χ1v) is 6.90. The average molecular weight is 280 g/mol. The van der Waals surface area contributed by atoms with Gasteiger partial charge in [0.25, 0.3) is 0 Å². The van der Waals surface area contributed by atoms with Gasteiger partial charge in [0.05, 0.1) is 5.92 Å². The van der Waals surface area contributed by atoms with E-state index in [-0.39, 0.29) is 17.4 Å². The summed E-state index contributed by atoms with van der Waals surface area (Å²) in [6, 6.07) is 15.7. The number of nitro groups is 1. The van der Waals surface area contributed by atoms with E-state index in [0.717, 1.165) is 27.6 Å². The van der Waals surface area contributed by atoms with Crippen molar-refractivity contribution in [3.8, 4) is 0 Å². The Labute approximate surface area is 122 Å². The lowest BCUT2D eigenvalue weighted by Crippen LogP contribution is -2.13. The number of hydrogen-bond acceptors (Lipinski definition) is 2. The maximum Gasteiger partial charge on any atom is 0.214 e. The number of para-hydroxylation sites is 1. The molecule has 3 aromatic rings. The highest BCUT2D eigenvalue weighted by atomic mass is 16.6. The van der Waals surface area contributed by atoms with Crippen LogP contribution in [0.3, 0.4) is 0 Å². The van der Waals surface area contributed by atoms with Gasteiger partial charge in [-0.2, -0.15) is 0 Å². The van der Waals surface area contributed by atoms with Gasteiger partial charge in [0.2, 0.25) is 6.54 Å². The Hall–Kier alpha value is -2.62. The van der Waals surface area contributed by atoms with E-state index in [4.69, 9.17) is 0 Å². The largest absolute Gasteiger partial charge is 0.361 e. The highest BCUT2D eigenvalue weighted by Crippen LogP contribution is 2.32. The Morgan fingerprint density at radius 1 is 1.14 bits per heavy atom. The third kappa shape index (κ3) is 2.52. The van der Waals surface area contributed by atoms with E-state index >= 15 is 0 Å². The Kier molecular flexibility index (Phi) is 3.44. The van der Waals surface area contributed by atoms with Crippen LogP contribution in [0.25, 0.3) is 10.9 Å². The number of aryl methyl sites for hydroxylation is 1. The van der Waals surface area contributed by atoms with Crippen molar-refractivity contribution in [1.29, 1.82) is 0 Å². The molecule has 0 unspecified atom stereocenters. The fraction of sp³-hybridized carbons (Fsp3) is 0.176. The summed E-state index contributed by atoms with van der Waals surface area (Å²) in [5.41, 5.74) is 4.15. The number of benzene rings is 2. The molecule has 0 aliphatic heterocycles. The van der Waals surface area contributed by atoms with Crippen LogP contribution in [-0.4, -0.2) is 16.5 Å². The third-order valence-corrected chi connectivity index (χ3v) is 3.86. The molecule has 0 fully saturated rings. The van der Waals surface area contributed by atoms with Gasteiger partial charge in [0, 0.05) is 22.0 Å². The molecule has 0 saturated heterocycles. The average Bonchev–Trinajstić information content (AvgIpc) is 2.91. The van der Waals surface area contributed by atoms with Crippen LogP contribution in [0.1, 0.15) is 22.6 Å². The number of rotatable bonds is 4.